The minimum atomic E-state index is -0.392. The minimum absolute atomic E-state index is 0.101. The van der Waals surface area contributed by atoms with Crippen LogP contribution >= 0.6 is 0 Å². The molecule has 2 rings (SSSR count). The van der Waals surface area contributed by atoms with E-state index in [1.54, 1.807) is 32.2 Å². The standard InChI is InChI=1S/C20H24FN3O4/c1-24(12-14-5-4-6-17(27-2)20(14)28-3)13-19(26)22-11-18(25)23-16-9-7-15(21)8-10-16/h4-10H,11-13H2,1-3H3,(H,22,26)(H,23,25). The fourth-order valence-electron chi connectivity index (χ4n) is 2.64. The molecule has 2 aromatic rings. The number of rotatable bonds is 9. The quantitative estimate of drug-likeness (QED) is 0.686. The second-order valence-corrected chi connectivity index (χ2v) is 6.16. The van der Waals surface area contributed by atoms with Gasteiger partial charge in [0.15, 0.2) is 11.5 Å². The third-order valence-electron chi connectivity index (χ3n) is 3.91. The van der Waals surface area contributed by atoms with Crippen LogP contribution in [0.15, 0.2) is 42.5 Å². The normalized spacial score (nSPS) is 10.5. The summed E-state index contributed by atoms with van der Waals surface area (Å²) in [5, 5.41) is 5.14. The number of hydrogen-bond donors (Lipinski definition) is 2. The number of hydrogen-bond acceptors (Lipinski definition) is 5. The van der Waals surface area contributed by atoms with Crippen LogP contribution in [-0.2, 0) is 16.1 Å². The van der Waals surface area contributed by atoms with Gasteiger partial charge in [0.1, 0.15) is 5.82 Å². The Morgan fingerprint density at radius 3 is 2.39 bits per heavy atom. The van der Waals surface area contributed by atoms with Crippen molar-refractivity contribution in [2.75, 3.05) is 39.7 Å². The van der Waals surface area contributed by atoms with Crippen LogP contribution in [0.4, 0.5) is 10.1 Å². The van der Waals surface area contributed by atoms with Gasteiger partial charge in [-0.3, -0.25) is 14.5 Å². The van der Waals surface area contributed by atoms with E-state index in [1.165, 1.54) is 24.3 Å². The first-order valence-corrected chi connectivity index (χ1v) is 8.63. The molecule has 0 unspecified atom stereocenters. The van der Waals surface area contributed by atoms with E-state index in [4.69, 9.17) is 9.47 Å². The number of halogens is 1. The third kappa shape index (κ3) is 6.24. The molecule has 150 valence electrons. The summed E-state index contributed by atoms with van der Waals surface area (Å²) in [5.74, 6) is 0.170. The van der Waals surface area contributed by atoms with Gasteiger partial charge in [0.05, 0.1) is 27.3 Å². The topological polar surface area (TPSA) is 79.9 Å². The molecule has 2 N–H and O–H groups in total. The molecule has 0 atom stereocenters. The van der Waals surface area contributed by atoms with Crippen molar-refractivity contribution < 1.29 is 23.5 Å². The van der Waals surface area contributed by atoms with E-state index in [1.807, 2.05) is 12.1 Å². The Hall–Kier alpha value is -3.13. The summed E-state index contributed by atoms with van der Waals surface area (Å²) in [7, 11) is 4.92. The number of nitrogens with zero attached hydrogens (tertiary/aromatic N) is 1. The van der Waals surface area contributed by atoms with Gasteiger partial charge < -0.3 is 20.1 Å². The molecular formula is C20H24FN3O4. The van der Waals surface area contributed by atoms with Crippen molar-refractivity contribution in [2.45, 2.75) is 6.54 Å². The fraction of sp³-hybridized carbons (Fsp3) is 0.300. The van der Waals surface area contributed by atoms with Gasteiger partial charge in [-0.2, -0.15) is 0 Å². The Labute approximate surface area is 163 Å². The van der Waals surface area contributed by atoms with Gasteiger partial charge in [0.25, 0.3) is 0 Å². The Morgan fingerprint density at radius 1 is 1.04 bits per heavy atom. The van der Waals surface area contributed by atoms with E-state index in [0.29, 0.717) is 23.7 Å². The summed E-state index contributed by atoms with van der Waals surface area (Å²) in [6.07, 6.45) is 0. The van der Waals surface area contributed by atoms with Crippen LogP contribution in [0.25, 0.3) is 0 Å². The lowest BCUT2D eigenvalue weighted by molar-refractivity contribution is -0.124. The van der Waals surface area contributed by atoms with Crippen LogP contribution in [-0.4, -0.2) is 51.1 Å². The number of anilines is 1. The number of ether oxygens (including phenoxy) is 2. The molecule has 2 aromatic carbocycles. The molecule has 0 saturated heterocycles. The second-order valence-electron chi connectivity index (χ2n) is 6.16. The molecule has 28 heavy (non-hydrogen) atoms. The monoisotopic (exact) mass is 389 g/mol. The first-order valence-electron chi connectivity index (χ1n) is 8.63. The van der Waals surface area contributed by atoms with Gasteiger partial charge in [-0.25, -0.2) is 4.39 Å². The molecule has 0 radical (unpaired) electrons. The zero-order valence-electron chi connectivity index (χ0n) is 16.1. The highest BCUT2D eigenvalue weighted by Crippen LogP contribution is 2.31. The van der Waals surface area contributed by atoms with Gasteiger partial charge in [-0.1, -0.05) is 12.1 Å². The number of carbonyl (C=O) groups is 2. The highest BCUT2D eigenvalue weighted by molar-refractivity contribution is 5.94. The van der Waals surface area contributed by atoms with Crippen molar-refractivity contribution in [1.29, 1.82) is 0 Å². The number of methoxy groups -OCH3 is 2. The molecule has 0 aliphatic heterocycles. The first-order chi connectivity index (χ1) is 13.4. The Balaban J connectivity index is 1.81. The summed E-state index contributed by atoms with van der Waals surface area (Å²) in [5.41, 5.74) is 1.34. The van der Waals surface area contributed by atoms with Gasteiger partial charge in [0, 0.05) is 17.8 Å². The first kappa shape index (κ1) is 21.2. The molecule has 2 amide bonds. The predicted molar refractivity (Wildman–Crippen MR) is 104 cm³/mol. The number of likely N-dealkylation sites (N-methyl/N-ethyl adjacent to an activating group) is 1. The lowest BCUT2D eigenvalue weighted by Crippen LogP contribution is -2.39. The van der Waals surface area contributed by atoms with Gasteiger partial charge >= 0.3 is 0 Å². The van der Waals surface area contributed by atoms with Crippen LogP contribution in [0, 0.1) is 5.82 Å². The Kier molecular flexibility index (Phi) is 7.76. The molecule has 0 saturated carbocycles. The lowest BCUT2D eigenvalue weighted by Gasteiger charge is -2.19. The van der Waals surface area contributed by atoms with E-state index in [2.05, 4.69) is 10.6 Å². The smallest absolute Gasteiger partial charge is 0.243 e. The Bertz CT molecular complexity index is 812. The number of benzene rings is 2. The number of carbonyl (C=O) groups excluding carboxylic acids is 2. The summed E-state index contributed by atoms with van der Waals surface area (Å²) >= 11 is 0. The van der Waals surface area contributed by atoms with Crippen LogP contribution in [0.1, 0.15) is 5.56 Å². The fourth-order valence-corrected chi connectivity index (χ4v) is 2.64. The van der Waals surface area contributed by atoms with Gasteiger partial charge in [0.2, 0.25) is 11.8 Å². The summed E-state index contributed by atoms with van der Waals surface area (Å²) in [6, 6.07) is 10.9. The van der Waals surface area contributed by atoms with Crippen molar-refractivity contribution in [3.8, 4) is 11.5 Å². The van der Waals surface area contributed by atoms with Crippen molar-refractivity contribution in [1.82, 2.24) is 10.2 Å². The molecule has 0 aliphatic rings. The summed E-state index contributed by atoms with van der Waals surface area (Å²) in [4.78, 5) is 25.7. The molecular weight excluding hydrogens is 365 g/mol. The average molecular weight is 389 g/mol. The van der Waals surface area contributed by atoms with E-state index in [9.17, 15) is 14.0 Å². The third-order valence-corrected chi connectivity index (χ3v) is 3.91. The van der Waals surface area contributed by atoms with E-state index in [-0.39, 0.29) is 24.8 Å². The highest BCUT2D eigenvalue weighted by Gasteiger charge is 2.14. The summed E-state index contributed by atoms with van der Waals surface area (Å²) in [6.45, 7) is 0.395. The largest absolute Gasteiger partial charge is 0.493 e. The van der Waals surface area contributed by atoms with Crippen LogP contribution < -0.4 is 20.1 Å². The van der Waals surface area contributed by atoms with E-state index in [0.717, 1.165) is 5.56 Å². The van der Waals surface area contributed by atoms with Crippen LogP contribution in [0.3, 0.4) is 0 Å². The number of para-hydroxylation sites is 1. The minimum Gasteiger partial charge on any atom is -0.493 e. The molecule has 0 aromatic heterocycles. The van der Waals surface area contributed by atoms with Gasteiger partial charge in [-0.15, -0.1) is 0 Å². The molecule has 0 aliphatic carbocycles. The van der Waals surface area contributed by atoms with Gasteiger partial charge in [-0.05, 0) is 37.4 Å². The number of nitrogens with one attached hydrogen (secondary N) is 2. The zero-order chi connectivity index (χ0) is 20.5. The van der Waals surface area contributed by atoms with Crippen molar-refractivity contribution >= 4 is 17.5 Å². The lowest BCUT2D eigenvalue weighted by atomic mass is 10.1. The van der Waals surface area contributed by atoms with Crippen LogP contribution in [0.2, 0.25) is 0 Å². The SMILES string of the molecule is COc1cccc(CN(C)CC(=O)NCC(=O)Nc2ccc(F)cc2)c1OC. The molecule has 0 fully saturated rings. The molecule has 7 nitrogen and oxygen atoms in total. The molecule has 8 heteroatoms. The number of amides is 2. The summed E-state index contributed by atoms with van der Waals surface area (Å²) < 4.78 is 23.5. The maximum atomic E-state index is 12.9. The average Bonchev–Trinajstić information content (AvgIpc) is 2.67. The maximum Gasteiger partial charge on any atom is 0.243 e. The van der Waals surface area contributed by atoms with E-state index < -0.39 is 5.91 Å². The molecule has 0 heterocycles. The van der Waals surface area contributed by atoms with Crippen molar-refractivity contribution in [3.05, 3.63) is 53.8 Å². The Morgan fingerprint density at radius 2 is 1.75 bits per heavy atom. The second kappa shape index (κ2) is 10.3. The van der Waals surface area contributed by atoms with Crippen molar-refractivity contribution in [3.63, 3.8) is 0 Å². The highest BCUT2D eigenvalue weighted by atomic mass is 19.1. The van der Waals surface area contributed by atoms with Crippen LogP contribution in [0.5, 0.6) is 11.5 Å². The van der Waals surface area contributed by atoms with E-state index >= 15 is 0 Å². The predicted octanol–water partition coefficient (Wildman–Crippen LogP) is 2.03. The molecule has 0 spiro atoms. The maximum absolute atomic E-state index is 12.9. The molecule has 0 bridgehead atoms. The zero-order valence-corrected chi connectivity index (χ0v) is 16.1. The van der Waals surface area contributed by atoms with Crippen molar-refractivity contribution in [2.24, 2.45) is 0 Å².